The van der Waals surface area contributed by atoms with Crippen LogP contribution in [-0.4, -0.2) is 43.0 Å². The molecule has 5 N–H and O–H groups in total. The van der Waals surface area contributed by atoms with Gasteiger partial charge in [-0.05, 0) is 44.2 Å². The maximum atomic E-state index is 14.7. The molecule has 2 aromatic rings. The average molecular weight is 459 g/mol. The van der Waals surface area contributed by atoms with Gasteiger partial charge < -0.3 is 11.1 Å². The number of benzene rings is 1. The van der Waals surface area contributed by atoms with Gasteiger partial charge in [0.2, 0.25) is 0 Å². The minimum atomic E-state index is -3.45. The third-order valence-electron chi connectivity index (χ3n) is 5.12. The van der Waals surface area contributed by atoms with Crippen molar-refractivity contribution in [3.63, 3.8) is 0 Å². The average Bonchev–Trinajstić information content (AvgIpc) is 2.68. The number of aliphatic imine (C=N–C) groups is 1. The Hall–Kier alpha value is -2.27. The number of anilines is 1. The Morgan fingerprint density at radius 1 is 1.33 bits per heavy atom. The van der Waals surface area contributed by atoms with Gasteiger partial charge in [0, 0.05) is 17.4 Å². The monoisotopic (exact) mass is 458 g/mol. The minimum Gasteiger partial charge on any atom is -0.386 e. The SMILES string of the molecule is CC1(C)C(N)=N[C@@](CF)(c2cc(NC(=O)c3ccc(Cl)cn3)ccc2F)CS1(O)O. The Labute approximate surface area is 178 Å². The number of nitrogens with zero attached hydrogens (tertiary/aromatic N) is 2. The number of nitrogens with one attached hydrogen (secondary N) is 1. The molecular formula is C19H21ClF2N4O3S. The molecule has 1 aromatic carbocycles. The van der Waals surface area contributed by atoms with E-state index in [1.165, 1.54) is 44.3 Å². The third-order valence-corrected chi connectivity index (χ3v) is 8.06. The lowest BCUT2D eigenvalue weighted by atomic mass is 9.92. The molecule has 7 nitrogen and oxygen atoms in total. The van der Waals surface area contributed by atoms with Crippen LogP contribution in [0.3, 0.4) is 0 Å². The van der Waals surface area contributed by atoms with Crippen LogP contribution in [0.4, 0.5) is 14.5 Å². The van der Waals surface area contributed by atoms with E-state index in [4.69, 9.17) is 17.3 Å². The van der Waals surface area contributed by atoms with Crippen molar-refractivity contribution in [3.8, 4) is 0 Å². The fraction of sp³-hybridized carbons (Fsp3) is 0.316. The first kappa shape index (κ1) is 22.4. The quantitative estimate of drug-likeness (QED) is 0.547. The molecular weight excluding hydrogens is 438 g/mol. The molecule has 2 heterocycles. The molecule has 30 heavy (non-hydrogen) atoms. The number of hydrogen-bond donors (Lipinski definition) is 4. The van der Waals surface area contributed by atoms with Crippen LogP contribution in [0.5, 0.6) is 0 Å². The number of pyridine rings is 1. The van der Waals surface area contributed by atoms with Crippen LogP contribution in [0.1, 0.15) is 29.9 Å². The van der Waals surface area contributed by atoms with Crippen molar-refractivity contribution in [2.45, 2.75) is 24.1 Å². The van der Waals surface area contributed by atoms with Crippen LogP contribution in [0.25, 0.3) is 0 Å². The van der Waals surface area contributed by atoms with Crippen molar-refractivity contribution in [1.29, 1.82) is 0 Å². The first-order valence-electron chi connectivity index (χ1n) is 8.82. The molecule has 0 spiro atoms. The summed E-state index contributed by atoms with van der Waals surface area (Å²) in [5.74, 6) is -2.14. The van der Waals surface area contributed by atoms with Gasteiger partial charge in [0.15, 0.2) is 0 Å². The molecule has 1 atom stereocenters. The summed E-state index contributed by atoms with van der Waals surface area (Å²) in [6.45, 7) is 1.75. The lowest BCUT2D eigenvalue weighted by Gasteiger charge is -2.53. The smallest absolute Gasteiger partial charge is 0.274 e. The zero-order valence-corrected chi connectivity index (χ0v) is 17.8. The van der Waals surface area contributed by atoms with Crippen molar-refractivity contribution in [2.24, 2.45) is 10.7 Å². The Morgan fingerprint density at radius 2 is 2.03 bits per heavy atom. The normalized spacial score (nSPS) is 23.4. The van der Waals surface area contributed by atoms with Crippen LogP contribution >= 0.6 is 22.2 Å². The van der Waals surface area contributed by atoms with Gasteiger partial charge in [-0.2, -0.15) is 10.6 Å². The summed E-state index contributed by atoms with van der Waals surface area (Å²) >= 11 is 5.75. The maximum absolute atomic E-state index is 14.7. The number of halogens is 3. The number of nitrogens with two attached hydrogens (primary N) is 1. The Kier molecular flexibility index (Phi) is 5.80. The van der Waals surface area contributed by atoms with Crippen molar-refractivity contribution < 1.29 is 22.7 Å². The van der Waals surface area contributed by atoms with E-state index in [9.17, 15) is 22.7 Å². The number of alkyl halides is 1. The number of carbonyl (C=O) groups excluding carboxylic acids is 1. The molecule has 0 unspecified atom stereocenters. The van der Waals surface area contributed by atoms with Gasteiger partial charge in [-0.1, -0.05) is 11.6 Å². The largest absolute Gasteiger partial charge is 0.386 e. The molecule has 162 valence electrons. The highest BCUT2D eigenvalue weighted by Crippen LogP contribution is 2.59. The van der Waals surface area contributed by atoms with E-state index in [1.54, 1.807) is 0 Å². The van der Waals surface area contributed by atoms with Gasteiger partial charge in [0.05, 0.1) is 10.8 Å². The van der Waals surface area contributed by atoms with E-state index < -0.39 is 45.0 Å². The van der Waals surface area contributed by atoms with E-state index in [0.717, 1.165) is 6.07 Å². The summed E-state index contributed by atoms with van der Waals surface area (Å²) in [5, 5.41) is 2.90. The van der Waals surface area contributed by atoms with E-state index in [0.29, 0.717) is 5.02 Å². The highest BCUT2D eigenvalue weighted by atomic mass is 35.5. The summed E-state index contributed by atoms with van der Waals surface area (Å²) in [6, 6.07) is 6.43. The van der Waals surface area contributed by atoms with Crippen molar-refractivity contribution >= 4 is 39.6 Å². The zero-order chi connectivity index (χ0) is 22.3. The number of hydrogen-bond acceptors (Lipinski definition) is 6. The second kappa shape index (κ2) is 7.77. The molecule has 0 saturated heterocycles. The van der Waals surface area contributed by atoms with E-state index in [1.807, 2.05) is 0 Å². The fourth-order valence-corrected chi connectivity index (χ4v) is 4.84. The van der Waals surface area contributed by atoms with Crippen LogP contribution in [0.2, 0.25) is 5.02 Å². The van der Waals surface area contributed by atoms with Gasteiger partial charge >= 0.3 is 0 Å². The molecule has 0 bridgehead atoms. The molecule has 0 aliphatic carbocycles. The molecule has 0 radical (unpaired) electrons. The predicted octanol–water partition coefficient (Wildman–Crippen LogP) is 4.19. The fourth-order valence-electron chi connectivity index (χ4n) is 3.02. The van der Waals surface area contributed by atoms with Crippen molar-refractivity contribution in [3.05, 3.63) is 58.6 Å². The Balaban J connectivity index is 2.01. The molecule has 1 aromatic heterocycles. The standard InChI is InChI=1S/C19H21ClF2N4O3S/c1-18(2)17(23)26-19(9-21,10-30(18,28)29)13-7-12(4-5-14(13)22)25-16(27)15-6-3-11(20)8-24-15/h3-8,28-29H,9-10H2,1-2H3,(H2,23,26)(H,25,27)/t19-/m1/s1. The molecule has 11 heteroatoms. The maximum Gasteiger partial charge on any atom is 0.274 e. The van der Waals surface area contributed by atoms with Crippen LogP contribution in [-0.2, 0) is 5.54 Å². The Morgan fingerprint density at radius 3 is 2.60 bits per heavy atom. The van der Waals surface area contributed by atoms with Crippen molar-refractivity contribution in [2.75, 3.05) is 17.7 Å². The lowest BCUT2D eigenvalue weighted by Crippen LogP contribution is -2.53. The van der Waals surface area contributed by atoms with Gasteiger partial charge in [0.25, 0.3) is 5.91 Å². The molecule has 0 saturated carbocycles. The molecule has 0 fully saturated rings. The van der Waals surface area contributed by atoms with Crippen molar-refractivity contribution in [1.82, 2.24) is 4.98 Å². The summed E-state index contributed by atoms with van der Waals surface area (Å²) in [6.07, 6.45) is 1.30. The summed E-state index contributed by atoms with van der Waals surface area (Å²) in [5.41, 5.74) is 3.95. The zero-order valence-electron chi connectivity index (χ0n) is 16.2. The van der Waals surface area contributed by atoms with E-state index in [2.05, 4.69) is 15.3 Å². The predicted molar refractivity (Wildman–Crippen MR) is 115 cm³/mol. The number of carbonyl (C=O) groups is 1. The van der Waals surface area contributed by atoms with Gasteiger partial charge in [0.1, 0.15) is 34.3 Å². The summed E-state index contributed by atoms with van der Waals surface area (Å²) in [7, 11) is -3.45. The molecule has 1 amide bonds. The number of amides is 1. The summed E-state index contributed by atoms with van der Waals surface area (Å²) in [4.78, 5) is 20.4. The molecule has 1 aliphatic rings. The third kappa shape index (κ3) is 3.87. The van der Waals surface area contributed by atoms with Gasteiger partial charge in [-0.25, -0.2) is 13.8 Å². The number of aromatic nitrogens is 1. The highest BCUT2D eigenvalue weighted by molar-refractivity contribution is 8.26. The minimum absolute atomic E-state index is 0.0707. The highest BCUT2D eigenvalue weighted by Gasteiger charge is 2.51. The number of amidine groups is 1. The topological polar surface area (TPSA) is 121 Å². The van der Waals surface area contributed by atoms with E-state index >= 15 is 0 Å². The first-order chi connectivity index (χ1) is 13.9. The second-order valence-electron chi connectivity index (χ2n) is 7.49. The van der Waals surface area contributed by atoms with Crippen LogP contribution < -0.4 is 11.1 Å². The van der Waals surface area contributed by atoms with Gasteiger partial charge in [-0.15, -0.1) is 0 Å². The van der Waals surface area contributed by atoms with Gasteiger partial charge in [-0.3, -0.25) is 18.9 Å². The second-order valence-corrected chi connectivity index (χ2v) is 10.6. The van der Waals surface area contributed by atoms with E-state index in [-0.39, 0.29) is 22.8 Å². The molecule has 3 rings (SSSR count). The molecule has 1 aliphatic heterocycles. The Bertz CT molecular complexity index is 1020. The lowest BCUT2D eigenvalue weighted by molar-refractivity contribution is 0.102. The first-order valence-corrected chi connectivity index (χ1v) is 10.9. The number of rotatable bonds is 4. The van der Waals surface area contributed by atoms with Crippen LogP contribution in [0.15, 0.2) is 41.5 Å². The van der Waals surface area contributed by atoms with Crippen LogP contribution in [0, 0.1) is 5.82 Å². The summed E-state index contributed by atoms with van der Waals surface area (Å²) < 4.78 is 48.8.